The lowest BCUT2D eigenvalue weighted by molar-refractivity contribution is 0.0167. The van der Waals surface area contributed by atoms with Gasteiger partial charge in [-0.2, -0.15) is 0 Å². The second-order valence-corrected chi connectivity index (χ2v) is 5.89. The molecule has 2 nitrogen and oxygen atoms in total. The molecule has 0 aromatic carbocycles. The van der Waals surface area contributed by atoms with E-state index < -0.39 is 0 Å². The van der Waals surface area contributed by atoms with Gasteiger partial charge in [0.1, 0.15) is 0 Å². The van der Waals surface area contributed by atoms with Crippen LogP contribution in [0.1, 0.15) is 40.0 Å². The van der Waals surface area contributed by atoms with Crippen molar-refractivity contribution in [3.8, 4) is 0 Å². The van der Waals surface area contributed by atoms with Gasteiger partial charge in [0.2, 0.25) is 0 Å². The second kappa shape index (κ2) is 2.96. The van der Waals surface area contributed by atoms with E-state index in [2.05, 4.69) is 20.8 Å². The van der Waals surface area contributed by atoms with E-state index in [0.29, 0.717) is 11.8 Å². The lowest BCUT2D eigenvalue weighted by Crippen LogP contribution is -2.35. The fraction of sp³-hybridized carbons (Fsp3) is 1.00. The summed E-state index contributed by atoms with van der Waals surface area (Å²) < 4.78 is 0. The minimum absolute atomic E-state index is 0.184. The highest BCUT2D eigenvalue weighted by Crippen LogP contribution is 2.68. The quantitative estimate of drug-likeness (QED) is 0.710. The summed E-state index contributed by atoms with van der Waals surface area (Å²) >= 11 is 0. The van der Waals surface area contributed by atoms with Crippen LogP contribution in [0.2, 0.25) is 0 Å². The Morgan fingerprint density at radius 3 is 2.36 bits per heavy atom. The minimum atomic E-state index is -0.184. The predicted octanol–water partition coefficient (Wildman–Crippen LogP) is 1.80. The maximum absolute atomic E-state index is 10.2. The summed E-state index contributed by atoms with van der Waals surface area (Å²) in [6, 6.07) is 0. The maximum Gasteiger partial charge on any atom is 0.0608 e. The van der Waals surface area contributed by atoms with Gasteiger partial charge in [-0.3, -0.25) is 0 Å². The number of fused-ring (bicyclic) bond motifs is 2. The molecule has 2 aliphatic rings. The number of hydrogen-bond donors (Lipinski definition) is 2. The molecule has 2 fully saturated rings. The highest BCUT2D eigenvalue weighted by Gasteiger charge is 2.65. The lowest BCUT2D eigenvalue weighted by atomic mass is 9.66. The molecule has 2 saturated carbocycles. The van der Waals surface area contributed by atoms with Gasteiger partial charge < -0.3 is 10.2 Å². The van der Waals surface area contributed by atoms with E-state index >= 15 is 0 Å². The molecule has 0 amide bonds. The molecule has 0 aromatic heterocycles. The normalized spacial score (nSPS) is 49.9. The van der Waals surface area contributed by atoms with Crippen LogP contribution in [0.5, 0.6) is 0 Å². The highest BCUT2D eigenvalue weighted by atomic mass is 16.3. The number of hydrogen-bond acceptors (Lipinski definition) is 2. The Kier molecular flexibility index (Phi) is 2.20. The zero-order chi connectivity index (χ0) is 10.6. The first-order valence-electron chi connectivity index (χ1n) is 5.74. The summed E-state index contributed by atoms with van der Waals surface area (Å²) in [6.07, 6.45) is 2.95. The van der Waals surface area contributed by atoms with Crippen molar-refractivity contribution in [3.63, 3.8) is 0 Å². The Bertz CT molecular complexity index is 236. The fourth-order valence-corrected chi connectivity index (χ4v) is 4.11. The predicted molar refractivity (Wildman–Crippen MR) is 55.8 cm³/mol. The first-order valence-corrected chi connectivity index (χ1v) is 5.74. The molecule has 4 atom stereocenters. The molecule has 2 rings (SSSR count). The molecule has 0 radical (unpaired) electrons. The van der Waals surface area contributed by atoms with Crippen molar-refractivity contribution in [2.75, 3.05) is 6.61 Å². The van der Waals surface area contributed by atoms with Crippen LogP contribution in [-0.2, 0) is 0 Å². The molecule has 2 bridgehead atoms. The van der Waals surface area contributed by atoms with Gasteiger partial charge in [-0.05, 0) is 41.9 Å². The molecule has 0 aliphatic heterocycles. The lowest BCUT2D eigenvalue weighted by Gasteiger charge is -2.39. The smallest absolute Gasteiger partial charge is 0.0608 e. The van der Waals surface area contributed by atoms with Crippen LogP contribution < -0.4 is 0 Å². The van der Waals surface area contributed by atoms with Crippen molar-refractivity contribution in [3.05, 3.63) is 0 Å². The third-order valence-corrected chi connectivity index (χ3v) is 5.46. The van der Waals surface area contributed by atoms with Gasteiger partial charge in [0.05, 0.1) is 6.10 Å². The van der Waals surface area contributed by atoms with Crippen LogP contribution in [0.15, 0.2) is 0 Å². The zero-order valence-electron chi connectivity index (χ0n) is 9.45. The molecule has 2 N–H and O–H groups in total. The van der Waals surface area contributed by atoms with Crippen LogP contribution in [-0.4, -0.2) is 22.9 Å². The second-order valence-electron chi connectivity index (χ2n) is 5.89. The van der Waals surface area contributed by atoms with Crippen LogP contribution in [0.3, 0.4) is 0 Å². The van der Waals surface area contributed by atoms with Gasteiger partial charge in [-0.1, -0.05) is 20.8 Å². The van der Waals surface area contributed by atoms with E-state index in [0.717, 1.165) is 12.8 Å². The molecule has 0 spiro atoms. The Balaban J connectivity index is 2.31. The van der Waals surface area contributed by atoms with Crippen molar-refractivity contribution in [1.82, 2.24) is 0 Å². The van der Waals surface area contributed by atoms with E-state index in [1.165, 1.54) is 6.42 Å². The van der Waals surface area contributed by atoms with Crippen LogP contribution in [0.4, 0.5) is 0 Å². The molecule has 0 saturated heterocycles. The molecular formula is C12H22O2. The van der Waals surface area contributed by atoms with Crippen molar-refractivity contribution in [2.24, 2.45) is 22.7 Å². The monoisotopic (exact) mass is 198 g/mol. The number of aliphatic hydroxyl groups excluding tert-OH is 2. The summed E-state index contributed by atoms with van der Waals surface area (Å²) in [6.45, 7) is 7.07. The molecule has 4 unspecified atom stereocenters. The summed E-state index contributed by atoms with van der Waals surface area (Å²) in [7, 11) is 0. The molecule has 2 heteroatoms. The maximum atomic E-state index is 10.2. The topological polar surface area (TPSA) is 40.5 Å². The van der Waals surface area contributed by atoms with Crippen molar-refractivity contribution in [2.45, 2.75) is 46.1 Å². The Morgan fingerprint density at radius 1 is 1.29 bits per heavy atom. The third kappa shape index (κ3) is 0.989. The summed E-state index contributed by atoms with van der Waals surface area (Å²) in [5.41, 5.74) is 0.478. The Hall–Kier alpha value is -0.0800. The van der Waals surface area contributed by atoms with E-state index in [1.807, 2.05) is 0 Å². The Labute approximate surface area is 86.3 Å². The SMILES string of the molecule is CC1(C)C2CCC1(C)C(CCO)C2O. The number of aliphatic hydroxyl groups is 2. The standard InChI is InChI=1S/C12H22O2/c1-11(2)8-4-6-12(11,3)9(5-7-13)10(8)14/h8-10,13-14H,4-7H2,1-3H3. The first kappa shape index (κ1) is 10.4. The molecular weight excluding hydrogens is 176 g/mol. The van der Waals surface area contributed by atoms with Gasteiger partial charge in [0.25, 0.3) is 0 Å². The molecule has 0 aromatic rings. The summed E-state index contributed by atoms with van der Waals surface area (Å²) in [5.74, 6) is 0.755. The first-order chi connectivity index (χ1) is 6.45. The van der Waals surface area contributed by atoms with Crippen LogP contribution >= 0.6 is 0 Å². The van der Waals surface area contributed by atoms with E-state index in [-0.39, 0.29) is 23.5 Å². The fourth-order valence-electron chi connectivity index (χ4n) is 4.11. The molecule has 2 aliphatic carbocycles. The van der Waals surface area contributed by atoms with Crippen LogP contribution in [0.25, 0.3) is 0 Å². The number of rotatable bonds is 2. The van der Waals surface area contributed by atoms with Crippen molar-refractivity contribution < 1.29 is 10.2 Å². The van der Waals surface area contributed by atoms with E-state index in [9.17, 15) is 5.11 Å². The largest absolute Gasteiger partial charge is 0.396 e. The summed E-state index contributed by atoms with van der Waals surface area (Å²) in [4.78, 5) is 0. The average Bonchev–Trinajstić information content (AvgIpc) is 2.39. The third-order valence-electron chi connectivity index (χ3n) is 5.46. The molecule has 14 heavy (non-hydrogen) atoms. The highest BCUT2D eigenvalue weighted by molar-refractivity contribution is 5.13. The average molecular weight is 198 g/mol. The Morgan fingerprint density at radius 2 is 1.93 bits per heavy atom. The minimum Gasteiger partial charge on any atom is -0.396 e. The van der Waals surface area contributed by atoms with Gasteiger partial charge >= 0.3 is 0 Å². The van der Waals surface area contributed by atoms with Crippen molar-refractivity contribution in [1.29, 1.82) is 0 Å². The van der Waals surface area contributed by atoms with Gasteiger partial charge in [-0.25, -0.2) is 0 Å². The van der Waals surface area contributed by atoms with Crippen LogP contribution in [0, 0.1) is 22.7 Å². The van der Waals surface area contributed by atoms with Crippen molar-refractivity contribution >= 4 is 0 Å². The summed E-state index contributed by atoms with van der Waals surface area (Å²) in [5, 5.41) is 19.2. The molecule has 82 valence electrons. The zero-order valence-corrected chi connectivity index (χ0v) is 9.45. The van der Waals surface area contributed by atoms with E-state index in [4.69, 9.17) is 5.11 Å². The van der Waals surface area contributed by atoms with Gasteiger partial charge in [0.15, 0.2) is 0 Å². The van der Waals surface area contributed by atoms with E-state index in [1.54, 1.807) is 0 Å². The van der Waals surface area contributed by atoms with Gasteiger partial charge in [-0.15, -0.1) is 0 Å². The van der Waals surface area contributed by atoms with Gasteiger partial charge in [0, 0.05) is 6.61 Å². The molecule has 0 heterocycles.